The number of fused-ring (bicyclic) bond motifs is 3. The zero-order valence-electron chi connectivity index (χ0n) is 19.0. The number of thiophene rings is 1. The Morgan fingerprint density at radius 3 is 2.69 bits per heavy atom. The van der Waals surface area contributed by atoms with E-state index >= 15 is 4.39 Å². The molecule has 0 radical (unpaired) electrons. The van der Waals surface area contributed by atoms with Crippen molar-refractivity contribution in [2.45, 2.75) is 46.0 Å². The summed E-state index contributed by atoms with van der Waals surface area (Å²) in [6.45, 7) is 8.35. The van der Waals surface area contributed by atoms with Crippen LogP contribution >= 0.6 is 11.3 Å². The van der Waals surface area contributed by atoms with Gasteiger partial charge in [0.05, 0.1) is 4.88 Å². The largest absolute Gasteiger partial charge is 0.371 e. The number of carbonyl (C=O) groups is 1. The quantitative estimate of drug-likeness (QED) is 0.531. The Kier molecular flexibility index (Phi) is 5.66. The predicted molar refractivity (Wildman–Crippen MR) is 129 cm³/mol. The number of rotatable bonds is 5. The fourth-order valence-corrected chi connectivity index (χ4v) is 6.52. The fourth-order valence-electron chi connectivity index (χ4n) is 5.38. The van der Waals surface area contributed by atoms with Crippen LogP contribution in [0.5, 0.6) is 0 Å². The van der Waals surface area contributed by atoms with Gasteiger partial charge in [0.2, 0.25) is 0 Å². The van der Waals surface area contributed by atoms with E-state index in [1.165, 1.54) is 30.6 Å². The van der Waals surface area contributed by atoms with E-state index in [9.17, 15) is 4.79 Å². The summed E-state index contributed by atoms with van der Waals surface area (Å²) in [7, 11) is 0. The maximum absolute atomic E-state index is 15.0. The Morgan fingerprint density at radius 2 is 1.97 bits per heavy atom. The van der Waals surface area contributed by atoms with Gasteiger partial charge in [-0.3, -0.25) is 4.79 Å². The number of nitrogens with zero attached hydrogens (tertiary/aromatic N) is 2. The number of amides is 1. The van der Waals surface area contributed by atoms with E-state index in [4.69, 9.17) is 0 Å². The molecular formula is C26H30FN3OS. The molecule has 6 heteroatoms. The molecule has 32 heavy (non-hydrogen) atoms. The van der Waals surface area contributed by atoms with Crippen LogP contribution in [0.4, 0.5) is 10.1 Å². The first kappa shape index (κ1) is 21.4. The Hall–Kier alpha value is -2.47. The molecule has 168 valence electrons. The number of benzene rings is 1. The second-order valence-electron chi connectivity index (χ2n) is 9.63. The second kappa shape index (κ2) is 8.47. The molecule has 1 saturated carbocycles. The molecule has 1 aliphatic carbocycles. The van der Waals surface area contributed by atoms with Crippen molar-refractivity contribution in [3.05, 3.63) is 57.8 Å². The van der Waals surface area contributed by atoms with E-state index < -0.39 is 0 Å². The summed E-state index contributed by atoms with van der Waals surface area (Å²) >= 11 is 1.42. The topological polar surface area (TPSA) is 45.2 Å². The number of halogens is 1. The van der Waals surface area contributed by atoms with Gasteiger partial charge >= 0.3 is 0 Å². The van der Waals surface area contributed by atoms with Gasteiger partial charge in [-0.15, -0.1) is 11.3 Å². The van der Waals surface area contributed by atoms with Crippen molar-refractivity contribution in [2.24, 2.45) is 11.8 Å². The van der Waals surface area contributed by atoms with Crippen molar-refractivity contribution in [3.8, 4) is 0 Å². The first-order chi connectivity index (χ1) is 15.4. The lowest BCUT2D eigenvalue weighted by molar-refractivity contribution is 0.0955. The number of aryl methyl sites for hydroxylation is 2. The van der Waals surface area contributed by atoms with Crippen molar-refractivity contribution in [1.29, 1.82) is 0 Å². The van der Waals surface area contributed by atoms with Gasteiger partial charge in [-0.1, -0.05) is 13.0 Å². The molecule has 2 aromatic heterocycles. The summed E-state index contributed by atoms with van der Waals surface area (Å²) in [6, 6.07) is 9.62. The molecule has 3 atom stereocenters. The molecule has 4 nitrogen and oxygen atoms in total. The minimum atomic E-state index is -0.181. The minimum Gasteiger partial charge on any atom is -0.371 e. The lowest BCUT2D eigenvalue weighted by atomic mass is 9.96. The summed E-state index contributed by atoms with van der Waals surface area (Å²) in [5.41, 5.74) is 3.53. The third-order valence-electron chi connectivity index (χ3n) is 7.20. The highest BCUT2D eigenvalue weighted by molar-refractivity contribution is 7.20. The molecule has 2 fully saturated rings. The first-order valence-electron chi connectivity index (χ1n) is 11.6. The van der Waals surface area contributed by atoms with Gasteiger partial charge < -0.3 is 10.2 Å². The van der Waals surface area contributed by atoms with Crippen molar-refractivity contribution in [3.63, 3.8) is 0 Å². The average Bonchev–Trinajstić information content (AvgIpc) is 3.29. The van der Waals surface area contributed by atoms with Gasteiger partial charge in [-0.05, 0) is 80.3 Å². The molecule has 2 bridgehead atoms. The minimum absolute atomic E-state index is 0.111. The molecular weight excluding hydrogens is 421 g/mol. The van der Waals surface area contributed by atoms with Crippen LogP contribution < -0.4 is 10.2 Å². The summed E-state index contributed by atoms with van der Waals surface area (Å²) < 4.78 is 15.0. The number of piperidine rings is 1. The fraction of sp³-hybridized carbons (Fsp3) is 0.462. The van der Waals surface area contributed by atoms with Crippen LogP contribution in [0.25, 0.3) is 10.2 Å². The highest BCUT2D eigenvalue weighted by Crippen LogP contribution is 2.38. The van der Waals surface area contributed by atoms with Crippen LogP contribution in [0.2, 0.25) is 0 Å². The van der Waals surface area contributed by atoms with Gasteiger partial charge in [0.15, 0.2) is 0 Å². The van der Waals surface area contributed by atoms with Crippen molar-refractivity contribution < 1.29 is 9.18 Å². The molecule has 5 rings (SSSR count). The zero-order valence-corrected chi connectivity index (χ0v) is 19.8. The Bertz CT molecular complexity index is 1160. The van der Waals surface area contributed by atoms with E-state index in [2.05, 4.69) is 15.2 Å². The standard InChI is InChI=1S/C26H30FN3OS/c1-15(12-28-25(31)24-17(3)22-8-4-16(2)29-26(22)32-24)21-9-7-20(11-23(21)27)30-13-18-5-6-19(10-18)14-30/h4,7-9,11,15,18-19H,5-6,10,12-14H2,1-3H3,(H,28,31)/t15-,18?,19?/m1/s1. The molecule has 3 aromatic rings. The summed E-state index contributed by atoms with van der Waals surface area (Å²) in [5.74, 6) is 1.13. The van der Waals surface area contributed by atoms with Gasteiger partial charge in [-0.25, -0.2) is 9.37 Å². The SMILES string of the molecule is Cc1ccc2c(C)c(C(=O)NC[C@@H](C)c3ccc(N4CC5CCC(C5)C4)cc3F)sc2n1. The van der Waals surface area contributed by atoms with Crippen LogP contribution in [0, 0.1) is 31.5 Å². The van der Waals surface area contributed by atoms with E-state index in [-0.39, 0.29) is 17.6 Å². The monoisotopic (exact) mass is 451 g/mol. The molecule has 3 heterocycles. The average molecular weight is 452 g/mol. The smallest absolute Gasteiger partial charge is 0.261 e. The zero-order chi connectivity index (χ0) is 22.4. The van der Waals surface area contributed by atoms with E-state index in [1.54, 1.807) is 6.07 Å². The molecule has 2 unspecified atom stereocenters. The molecule has 1 amide bonds. The lowest BCUT2D eigenvalue weighted by Crippen LogP contribution is -2.36. The summed E-state index contributed by atoms with van der Waals surface area (Å²) in [5, 5.41) is 4.03. The van der Waals surface area contributed by atoms with Crippen LogP contribution in [-0.4, -0.2) is 30.5 Å². The van der Waals surface area contributed by atoms with Crippen LogP contribution in [-0.2, 0) is 0 Å². The second-order valence-corrected chi connectivity index (χ2v) is 10.6. The van der Waals surface area contributed by atoms with Gasteiger partial charge in [0, 0.05) is 42.3 Å². The molecule has 1 saturated heterocycles. The highest BCUT2D eigenvalue weighted by Gasteiger charge is 2.33. The Morgan fingerprint density at radius 1 is 1.22 bits per heavy atom. The van der Waals surface area contributed by atoms with Crippen molar-refractivity contribution in [1.82, 2.24) is 10.3 Å². The normalized spacial score (nSPS) is 21.2. The molecule has 1 N–H and O–H groups in total. The maximum atomic E-state index is 15.0. The van der Waals surface area contributed by atoms with E-state index in [0.29, 0.717) is 17.0 Å². The molecule has 2 aliphatic rings. The van der Waals surface area contributed by atoms with Gasteiger partial charge in [0.1, 0.15) is 10.6 Å². The number of anilines is 1. The van der Waals surface area contributed by atoms with Crippen LogP contribution in [0.3, 0.4) is 0 Å². The predicted octanol–water partition coefficient (Wildman–Crippen LogP) is 5.82. The molecule has 1 aromatic carbocycles. The summed E-state index contributed by atoms with van der Waals surface area (Å²) in [6.07, 6.45) is 3.96. The molecule has 1 aliphatic heterocycles. The highest BCUT2D eigenvalue weighted by atomic mass is 32.1. The van der Waals surface area contributed by atoms with Gasteiger partial charge in [0.25, 0.3) is 5.91 Å². The number of aromatic nitrogens is 1. The lowest BCUT2D eigenvalue weighted by Gasteiger charge is -2.34. The number of hydrogen-bond acceptors (Lipinski definition) is 4. The van der Waals surface area contributed by atoms with Crippen LogP contribution in [0.1, 0.15) is 58.6 Å². The first-order valence-corrected chi connectivity index (χ1v) is 12.4. The number of hydrogen-bond donors (Lipinski definition) is 1. The number of pyridine rings is 1. The Balaban J connectivity index is 1.25. The third-order valence-corrected chi connectivity index (χ3v) is 8.41. The van der Waals surface area contributed by atoms with E-state index in [0.717, 1.165) is 52.1 Å². The Labute approximate surface area is 192 Å². The summed E-state index contributed by atoms with van der Waals surface area (Å²) in [4.78, 5) is 21.3. The van der Waals surface area contributed by atoms with Gasteiger partial charge in [-0.2, -0.15) is 0 Å². The van der Waals surface area contributed by atoms with E-state index in [1.807, 2.05) is 45.0 Å². The maximum Gasteiger partial charge on any atom is 0.261 e. The van der Waals surface area contributed by atoms with Crippen molar-refractivity contribution >= 4 is 33.1 Å². The number of carbonyl (C=O) groups excluding carboxylic acids is 1. The van der Waals surface area contributed by atoms with Crippen LogP contribution in [0.15, 0.2) is 30.3 Å². The van der Waals surface area contributed by atoms with Crippen molar-refractivity contribution in [2.75, 3.05) is 24.5 Å². The third kappa shape index (κ3) is 4.01. The number of nitrogens with one attached hydrogen (secondary N) is 1. The molecule has 0 spiro atoms.